The second-order valence-corrected chi connectivity index (χ2v) is 7.09. The Morgan fingerprint density at radius 1 is 1.21 bits per heavy atom. The Balaban J connectivity index is 1.65. The van der Waals surface area contributed by atoms with Crippen molar-refractivity contribution in [3.05, 3.63) is 53.9 Å². The maximum Gasteiger partial charge on any atom is 0.267 e. The maximum atomic E-state index is 12.9. The number of primary amides is 1. The van der Waals surface area contributed by atoms with Crippen molar-refractivity contribution in [3.8, 4) is 5.75 Å². The van der Waals surface area contributed by atoms with Crippen molar-refractivity contribution in [2.24, 2.45) is 5.73 Å². The van der Waals surface area contributed by atoms with Gasteiger partial charge in [0.2, 0.25) is 0 Å². The van der Waals surface area contributed by atoms with Crippen molar-refractivity contribution in [1.29, 1.82) is 0 Å². The Bertz CT molecular complexity index is 849. The number of nitrogens with zero attached hydrogens (tertiary/aromatic N) is 3. The van der Waals surface area contributed by atoms with E-state index in [1.807, 2.05) is 29.2 Å². The minimum absolute atomic E-state index is 0.0111. The van der Waals surface area contributed by atoms with Crippen LogP contribution in [-0.2, 0) is 0 Å². The summed E-state index contributed by atoms with van der Waals surface area (Å²) in [6.07, 6.45) is 3.07. The Hall–Kier alpha value is -3.09. The van der Waals surface area contributed by atoms with Gasteiger partial charge >= 0.3 is 0 Å². The van der Waals surface area contributed by atoms with Gasteiger partial charge < -0.3 is 20.3 Å². The van der Waals surface area contributed by atoms with E-state index in [2.05, 4.69) is 23.7 Å². The molecule has 2 N–H and O–H groups in total. The van der Waals surface area contributed by atoms with Gasteiger partial charge in [0.25, 0.3) is 11.8 Å². The van der Waals surface area contributed by atoms with E-state index in [1.54, 1.807) is 6.07 Å². The zero-order chi connectivity index (χ0) is 20.8. The van der Waals surface area contributed by atoms with Crippen LogP contribution in [0.4, 0.5) is 5.69 Å². The molecule has 29 heavy (non-hydrogen) atoms. The van der Waals surface area contributed by atoms with Crippen molar-refractivity contribution in [3.63, 3.8) is 0 Å². The summed E-state index contributed by atoms with van der Waals surface area (Å²) in [5, 5.41) is 0. The molecular formula is C22H28N4O3. The molecule has 3 rings (SSSR count). The molecule has 2 aromatic rings. The summed E-state index contributed by atoms with van der Waals surface area (Å²) in [7, 11) is 0. The second kappa shape index (κ2) is 9.41. The number of piperidine rings is 1. The van der Waals surface area contributed by atoms with Crippen molar-refractivity contribution in [2.75, 3.05) is 31.1 Å². The van der Waals surface area contributed by atoms with Gasteiger partial charge in [-0.1, -0.05) is 0 Å². The molecule has 2 heterocycles. The SMILES string of the molecule is CCN(CC)c1ccc(C(=O)N2CCCC(Oc3ccnc(C(N)=O)c3)C2)cc1. The number of amides is 2. The van der Waals surface area contributed by atoms with E-state index >= 15 is 0 Å². The topological polar surface area (TPSA) is 88.8 Å². The van der Waals surface area contributed by atoms with Gasteiger partial charge in [-0.15, -0.1) is 0 Å². The fourth-order valence-corrected chi connectivity index (χ4v) is 3.62. The Kier molecular flexibility index (Phi) is 6.69. The number of anilines is 1. The number of ether oxygens (including phenoxy) is 1. The number of likely N-dealkylation sites (tertiary alicyclic amines) is 1. The Morgan fingerprint density at radius 2 is 1.93 bits per heavy atom. The predicted octanol–water partition coefficient (Wildman–Crippen LogP) is 2.71. The average Bonchev–Trinajstić information content (AvgIpc) is 2.75. The molecule has 154 valence electrons. The van der Waals surface area contributed by atoms with E-state index in [4.69, 9.17) is 10.5 Å². The molecule has 0 saturated carbocycles. The zero-order valence-electron chi connectivity index (χ0n) is 17.0. The first-order valence-corrected chi connectivity index (χ1v) is 10.1. The molecular weight excluding hydrogens is 368 g/mol. The lowest BCUT2D eigenvalue weighted by atomic mass is 10.1. The van der Waals surface area contributed by atoms with Crippen molar-refractivity contribution in [2.45, 2.75) is 32.8 Å². The zero-order valence-corrected chi connectivity index (χ0v) is 17.0. The first-order valence-electron chi connectivity index (χ1n) is 10.1. The summed E-state index contributed by atoms with van der Waals surface area (Å²) >= 11 is 0. The van der Waals surface area contributed by atoms with Crippen molar-refractivity contribution < 1.29 is 14.3 Å². The highest BCUT2D eigenvalue weighted by atomic mass is 16.5. The summed E-state index contributed by atoms with van der Waals surface area (Å²) in [5.74, 6) is -0.0438. The fraction of sp³-hybridized carbons (Fsp3) is 0.409. The average molecular weight is 396 g/mol. The molecule has 0 spiro atoms. The lowest BCUT2D eigenvalue weighted by Crippen LogP contribution is -2.44. The van der Waals surface area contributed by atoms with E-state index < -0.39 is 5.91 Å². The molecule has 1 atom stereocenters. The van der Waals surface area contributed by atoms with Crippen LogP contribution >= 0.6 is 0 Å². The van der Waals surface area contributed by atoms with Crippen LogP contribution in [0.15, 0.2) is 42.6 Å². The predicted molar refractivity (Wildman–Crippen MR) is 112 cm³/mol. The van der Waals surface area contributed by atoms with Crippen molar-refractivity contribution in [1.82, 2.24) is 9.88 Å². The molecule has 7 nitrogen and oxygen atoms in total. The summed E-state index contributed by atoms with van der Waals surface area (Å²) in [6.45, 7) is 7.31. The number of carbonyl (C=O) groups excluding carboxylic acids is 2. The van der Waals surface area contributed by atoms with Crippen LogP contribution in [0.5, 0.6) is 5.75 Å². The number of hydrogen-bond acceptors (Lipinski definition) is 5. The van der Waals surface area contributed by atoms with Crippen LogP contribution in [-0.4, -0.2) is 54.0 Å². The Morgan fingerprint density at radius 3 is 2.59 bits per heavy atom. The lowest BCUT2D eigenvalue weighted by Gasteiger charge is -2.33. The maximum absolute atomic E-state index is 12.9. The third-order valence-electron chi connectivity index (χ3n) is 5.19. The first kappa shape index (κ1) is 20.6. The molecule has 1 unspecified atom stereocenters. The molecule has 0 radical (unpaired) electrons. The van der Waals surface area contributed by atoms with Gasteiger partial charge in [0.15, 0.2) is 0 Å². The molecule has 1 aliphatic rings. The fourth-order valence-electron chi connectivity index (χ4n) is 3.62. The minimum atomic E-state index is -0.593. The van der Waals surface area contributed by atoms with Gasteiger partial charge in [-0.2, -0.15) is 0 Å². The highest BCUT2D eigenvalue weighted by Gasteiger charge is 2.26. The van der Waals surface area contributed by atoms with E-state index in [0.29, 0.717) is 24.4 Å². The van der Waals surface area contributed by atoms with E-state index in [0.717, 1.165) is 31.6 Å². The number of aromatic nitrogens is 1. The van der Waals surface area contributed by atoms with Crippen LogP contribution in [0.25, 0.3) is 0 Å². The molecule has 1 aliphatic heterocycles. The summed E-state index contributed by atoms with van der Waals surface area (Å²) in [5.41, 5.74) is 7.24. The molecule has 1 aromatic heterocycles. The number of hydrogen-bond donors (Lipinski definition) is 1. The molecule has 0 aliphatic carbocycles. The van der Waals surface area contributed by atoms with Crippen LogP contribution in [0.2, 0.25) is 0 Å². The van der Waals surface area contributed by atoms with Gasteiger partial charge in [-0.25, -0.2) is 0 Å². The number of pyridine rings is 1. The van der Waals surface area contributed by atoms with E-state index in [-0.39, 0.29) is 17.7 Å². The van der Waals surface area contributed by atoms with Gasteiger partial charge in [0, 0.05) is 43.1 Å². The number of rotatable bonds is 7. The quantitative estimate of drug-likeness (QED) is 0.777. The smallest absolute Gasteiger partial charge is 0.267 e. The molecule has 1 saturated heterocycles. The van der Waals surface area contributed by atoms with Gasteiger partial charge in [0.1, 0.15) is 17.5 Å². The van der Waals surface area contributed by atoms with Gasteiger partial charge in [-0.05, 0) is 57.0 Å². The lowest BCUT2D eigenvalue weighted by molar-refractivity contribution is 0.0537. The minimum Gasteiger partial charge on any atom is -0.488 e. The third kappa shape index (κ3) is 5.04. The van der Waals surface area contributed by atoms with E-state index in [9.17, 15) is 9.59 Å². The van der Waals surface area contributed by atoms with Gasteiger partial charge in [-0.3, -0.25) is 14.6 Å². The van der Waals surface area contributed by atoms with Crippen LogP contribution in [0.3, 0.4) is 0 Å². The number of benzene rings is 1. The standard InChI is InChI=1S/C22H28N4O3/c1-3-25(4-2)17-9-7-16(8-10-17)22(28)26-13-5-6-19(15-26)29-18-11-12-24-20(14-18)21(23)27/h7-12,14,19H,3-6,13,15H2,1-2H3,(H2,23,27). The van der Waals surface area contributed by atoms with Gasteiger partial charge in [0.05, 0.1) is 6.54 Å². The molecule has 1 aromatic carbocycles. The largest absolute Gasteiger partial charge is 0.488 e. The molecule has 7 heteroatoms. The van der Waals surface area contributed by atoms with Crippen LogP contribution < -0.4 is 15.4 Å². The highest BCUT2D eigenvalue weighted by molar-refractivity contribution is 5.94. The Labute approximate surface area is 171 Å². The number of carbonyl (C=O) groups is 2. The first-order chi connectivity index (χ1) is 14.0. The highest BCUT2D eigenvalue weighted by Crippen LogP contribution is 2.21. The van der Waals surface area contributed by atoms with E-state index in [1.165, 1.54) is 12.3 Å². The monoisotopic (exact) mass is 396 g/mol. The summed E-state index contributed by atoms with van der Waals surface area (Å²) in [6, 6.07) is 11.0. The molecule has 1 fully saturated rings. The molecule has 2 amide bonds. The summed E-state index contributed by atoms with van der Waals surface area (Å²) in [4.78, 5) is 32.2. The summed E-state index contributed by atoms with van der Waals surface area (Å²) < 4.78 is 5.99. The van der Waals surface area contributed by atoms with Crippen LogP contribution in [0, 0.1) is 0 Å². The van der Waals surface area contributed by atoms with Crippen molar-refractivity contribution >= 4 is 17.5 Å². The normalized spacial score (nSPS) is 16.3. The molecule has 0 bridgehead atoms. The third-order valence-corrected chi connectivity index (χ3v) is 5.19. The number of nitrogens with two attached hydrogens (primary N) is 1. The second-order valence-electron chi connectivity index (χ2n) is 7.09. The van der Waals surface area contributed by atoms with Crippen LogP contribution in [0.1, 0.15) is 47.5 Å².